The summed E-state index contributed by atoms with van der Waals surface area (Å²) >= 11 is 0. The first-order valence-corrected chi connectivity index (χ1v) is 17.1. The third kappa shape index (κ3) is 9.74. The molecule has 0 bridgehead atoms. The quantitative estimate of drug-likeness (QED) is 0.245. The minimum atomic E-state index is -1.75. The zero-order valence-corrected chi connectivity index (χ0v) is 30.0. The second-order valence-corrected chi connectivity index (χ2v) is 14.1. The van der Waals surface area contributed by atoms with Gasteiger partial charge in [-0.25, -0.2) is 4.79 Å². The lowest BCUT2D eigenvalue weighted by atomic mass is 9.82. The van der Waals surface area contributed by atoms with Crippen molar-refractivity contribution in [3.63, 3.8) is 0 Å². The molecule has 0 amide bonds. The van der Waals surface area contributed by atoms with E-state index in [-0.39, 0.29) is 19.1 Å². The molecule has 0 saturated carbocycles. The molecule has 17 unspecified atom stereocenters. The Hall–Kier alpha value is -1.82. The summed E-state index contributed by atoms with van der Waals surface area (Å²) in [6.45, 7) is 10.4. The Bertz CT molecular complexity index is 1160. The van der Waals surface area contributed by atoms with E-state index in [4.69, 9.17) is 42.6 Å². The Morgan fingerprint density at radius 3 is 2.18 bits per heavy atom. The smallest absolute Gasteiger partial charge is 0.330 e. The van der Waals surface area contributed by atoms with Crippen molar-refractivity contribution >= 4 is 11.8 Å². The van der Waals surface area contributed by atoms with Crippen LogP contribution in [0.3, 0.4) is 0 Å². The molecule has 14 nitrogen and oxygen atoms in total. The molecule has 280 valence electrons. The molecule has 0 aromatic carbocycles. The Morgan fingerprint density at radius 1 is 0.837 bits per heavy atom. The molecular weight excluding hydrogens is 644 g/mol. The normalized spacial score (nSPS) is 48.3. The number of ketones is 1. The van der Waals surface area contributed by atoms with Crippen LogP contribution in [0.15, 0.2) is 24.3 Å². The summed E-state index contributed by atoms with van der Waals surface area (Å²) in [6, 6.07) is 0. The maximum atomic E-state index is 13.3. The topological polar surface area (TPSA) is 181 Å². The maximum absolute atomic E-state index is 13.3. The van der Waals surface area contributed by atoms with Crippen molar-refractivity contribution in [2.75, 3.05) is 27.9 Å². The fourth-order valence-electron chi connectivity index (χ4n) is 7.12. The third-order valence-electron chi connectivity index (χ3n) is 10.1. The maximum Gasteiger partial charge on any atom is 0.330 e. The number of hydrogen-bond acceptors (Lipinski definition) is 14. The van der Waals surface area contributed by atoms with E-state index in [0.29, 0.717) is 6.42 Å². The molecule has 14 heteroatoms. The summed E-state index contributed by atoms with van der Waals surface area (Å²) in [5.41, 5.74) is -1.75. The number of methoxy groups -OCH3 is 3. The molecule has 17 atom stereocenters. The van der Waals surface area contributed by atoms with Gasteiger partial charge in [0, 0.05) is 45.7 Å². The first-order valence-electron chi connectivity index (χ1n) is 17.1. The van der Waals surface area contributed by atoms with E-state index in [1.807, 2.05) is 20.8 Å². The number of ether oxygens (including phenoxy) is 9. The number of rotatable bonds is 8. The number of cyclic esters (lactones) is 1. The second-order valence-electron chi connectivity index (χ2n) is 14.1. The predicted octanol–water partition coefficient (Wildman–Crippen LogP) is 1.46. The first-order chi connectivity index (χ1) is 23.1. The average molecular weight is 701 g/mol. The van der Waals surface area contributed by atoms with Crippen molar-refractivity contribution < 1.29 is 67.5 Å². The Morgan fingerprint density at radius 2 is 1.53 bits per heavy atom. The van der Waals surface area contributed by atoms with Crippen molar-refractivity contribution in [1.82, 2.24) is 0 Å². The van der Waals surface area contributed by atoms with E-state index in [9.17, 15) is 24.9 Å². The van der Waals surface area contributed by atoms with Crippen LogP contribution in [0, 0.1) is 17.8 Å². The van der Waals surface area contributed by atoms with Crippen molar-refractivity contribution in [2.24, 2.45) is 17.8 Å². The standard InChI is InChI=1S/C35H56O14/c1-17-10-13-26(37)46-20(4)22(16-44-34-32(43-9)31(42-8)27(38)21(5)47-34)30-23(48-30)11-12-25(36)35(6,40)15-18(2)29(17)49-33-28(39)24(41-7)14-19(3)45-33/h10-13,17-24,27-34,38-40H,14-16H2,1-9H3/b12-11+,13-10+. The third-order valence-corrected chi connectivity index (χ3v) is 10.1. The van der Waals surface area contributed by atoms with Crippen LogP contribution in [-0.2, 0) is 52.2 Å². The van der Waals surface area contributed by atoms with Gasteiger partial charge in [-0.3, -0.25) is 4.79 Å². The van der Waals surface area contributed by atoms with E-state index in [1.54, 1.807) is 26.0 Å². The Balaban J connectivity index is 1.56. The van der Waals surface area contributed by atoms with Gasteiger partial charge in [0.1, 0.15) is 42.2 Å². The van der Waals surface area contributed by atoms with Crippen LogP contribution in [0.5, 0.6) is 0 Å². The molecule has 0 spiro atoms. The Kier molecular flexibility index (Phi) is 14.0. The van der Waals surface area contributed by atoms with Gasteiger partial charge in [0.25, 0.3) is 0 Å². The summed E-state index contributed by atoms with van der Waals surface area (Å²) in [6.07, 6.45) is -2.67. The second kappa shape index (κ2) is 17.1. The van der Waals surface area contributed by atoms with E-state index in [2.05, 4.69) is 0 Å². The van der Waals surface area contributed by atoms with Gasteiger partial charge in [-0.1, -0.05) is 19.9 Å². The molecule has 3 saturated heterocycles. The van der Waals surface area contributed by atoms with Crippen LogP contribution >= 0.6 is 0 Å². The van der Waals surface area contributed by atoms with Crippen LogP contribution in [0.4, 0.5) is 0 Å². The van der Waals surface area contributed by atoms with Crippen molar-refractivity contribution in [2.45, 2.75) is 140 Å². The highest BCUT2D eigenvalue weighted by Crippen LogP contribution is 2.37. The molecule has 4 heterocycles. The van der Waals surface area contributed by atoms with Crippen molar-refractivity contribution in [3.8, 4) is 0 Å². The summed E-state index contributed by atoms with van der Waals surface area (Å²) in [5.74, 6) is -2.45. The zero-order chi connectivity index (χ0) is 36.2. The highest BCUT2D eigenvalue weighted by atomic mass is 16.7. The van der Waals surface area contributed by atoms with Gasteiger partial charge in [0.05, 0.1) is 37.1 Å². The van der Waals surface area contributed by atoms with Crippen LogP contribution in [0.1, 0.15) is 54.4 Å². The number of fused-ring (bicyclic) bond motifs is 1. The van der Waals surface area contributed by atoms with E-state index < -0.39 is 109 Å². The van der Waals surface area contributed by atoms with Crippen molar-refractivity contribution in [1.29, 1.82) is 0 Å². The fraction of sp³-hybridized carbons (Fsp3) is 0.829. The number of hydrogen-bond donors (Lipinski definition) is 3. The number of epoxide rings is 1. The van der Waals surface area contributed by atoms with E-state index in [1.165, 1.54) is 40.4 Å². The highest BCUT2D eigenvalue weighted by Gasteiger charge is 2.50. The summed E-state index contributed by atoms with van der Waals surface area (Å²) in [7, 11) is 4.46. The largest absolute Gasteiger partial charge is 0.459 e. The summed E-state index contributed by atoms with van der Waals surface area (Å²) in [4.78, 5) is 26.5. The number of carbonyl (C=O) groups excluding carboxylic acids is 2. The van der Waals surface area contributed by atoms with Gasteiger partial charge in [-0.05, 0) is 52.2 Å². The molecule has 3 N–H and O–H groups in total. The van der Waals surface area contributed by atoms with Crippen LogP contribution in [-0.4, -0.2) is 140 Å². The molecule has 4 aliphatic rings. The molecule has 0 radical (unpaired) electrons. The average Bonchev–Trinajstić information content (AvgIpc) is 3.82. The van der Waals surface area contributed by atoms with Gasteiger partial charge in [-0.2, -0.15) is 0 Å². The van der Waals surface area contributed by atoms with E-state index >= 15 is 0 Å². The highest BCUT2D eigenvalue weighted by molar-refractivity contribution is 5.96. The molecular formula is C35H56O14. The molecule has 4 aliphatic heterocycles. The number of esters is 1. The molecule has 0 aromatic rings. The van der Waals surface area contributed by atoms with Gasteiger partial charge in [0.15, 0.2) is 18.4 Å². The number of carbonyl (C=O) groups is 2. The summed E-state index contributed by atoms with van der Waals surface area (Å²) in [5, 5.41) is 32.8. The van der Waals surface area contributed by atoms with Crippen LogP contribution in [0.2, 0.25) is 0 Å². The van der Waals surface area contributed by atoms with Gasteiger partial charge < -0.3 is 58.0 Å². The van der Waals surface area contributed by atoms with Gasteiger partial charge >= 0.3 is 5.97 Å². The Labute approximate surface area is 288 Å². The molecule has 0 aliphatic carbocycles. The molecule has 4 rings (SSSR count). The van der Waals surface area contributed by atoms with Gasteiger partial charge in [-0.15, -0.1) is 0 Å². The predicted molar refractivity (Wildman–Crippen MR) is 173 cm³/mol. The minimum Gasteiger partial charge on any atom is -0.459 e. The molecule has 3 fully saturated rings. The lowest BCUT2D eigenvalue weighted by Crippen LogP contribution is -2.59. The minimum absolute atomic E-state index is 0.0234. The molecule has 0 aromatic heterocycles. The SMILES string of the molecule is COC1CC(C)OC(OC2C(C)/C=C/C(=O)OC(C)C(COC3OC(C)C(O)C(OC)C3OC)C3OC3/C=C/C(=O)C(C)(O)CC2C)C1O. The lowest BCUT2D eigenvalue weighted by molar-refractivity contribution is -0.305. The van der Waals surface area contributed by atoms with Crippen molar-refractivity contribution in [3.05, 3.63) is 24.3 Å². The van der Waals surface area contributed by atoms with Crippen LogP contribution < -0.4 is 0 Å². The fourth-order valence-corrected chi connectivity index (χ4v) is 7.12. The molecule has 49 heavy (non-hydrogen) atoms. The monoisotopic (exact) mass is 700 g/mol. The lowest BCUT2D eigenvalue weighted by Gasteiger charge is -2.42. The van der Waals surface area contributed by atoms with Crippen LogP contribution in [0.25, 0.3) is 0 Å². The van der Waals surface area contributed by atoms with Gasteiger partial charge in [0.2, 0.25) is 0 Å². The first kappa shape index (κ1) is 40.0. The van der Waals surface area contributed by atoms with E-state index in [0.717, 1.165) is 0 Å². The zero-order valence-electron chi connectivity index (χ0n) is 30.0. The summed E-state index contributed by atoms with van der Waals surface area (Å²) < 4.78 is 52.6. The number of aliphatic hydroxyl groups excluding tert-OH is 2. The number of aliphatic hydroxyl groups is 3.